The second kappa shape index (κ2) is 5.91. The van der Waals surface area contributed by atoms with Crippen LogP contribution in [0.15, 0.2) is 17.2 Å². The first kappa shape index (κ1) is 16.2. The highest BCUT2D eigenvalue weighted by Gasteiger charge is 2.26. The molecule has 1 aliphatic rings. The highest BCUT2D eigenvalue weighted by Crippen LogP contribution is 2.32. The highest BCUT2D eigenvalue weighted by molar-refractivity contribution is 7.25. The van der Waals surface area contributed by atoms with Gasteiger partial charge in [-0.05, 0) is 45.2 Å². The Bertz CT molecular complexity index is 1050. The van der Waals surface area contributed by atoms with Crippen molar-refractivity contribution in [2.24, 2.45) is 0 Å². The molecule has 1 amide bonds. The highest BCUT2D eigenvalue weighted by atomic mass is 32.1. The van der Waals surface area contributed by atoms with Crippen LogP contribution >= 0.6 is 11.3 Å². The Morgan fingerprint density at radius 1 is 1.28 bits per heavy atom. The van der Waals surface area contributed by atoms with E-state index in [-0.39, 0.29) is 11.5 Å². The van der Waals surface area contributed by atoms with Crippen molar-refractivity contribution < 1.29 is 4.79 Å². The Labute approximate surface area is 149 Å². The van der Waals surface area contributed by atoms with E-state index in [0.29, 0.717) is 10.2 Å². The molecule has 0 unspecified atom stereocenters. The number of rotatable bonds is 2. The Morgan fingerprint density at radius 3 is 2.72 bits per heavy atom. The Kier molecular flexibility index (Phi) is 3.83. The number of aryl methyl sites for hydroxylation is 2. The van der Waals surface area contributed by atoms with Gasteiger partial charge in [0.05, 0.1) is 11.8 Å². The fourth-order valence-corrected chi connectivity index (χ4v) is 4.76. The number of aromatic nitrogens is 3. The monoisotopic (exact) mass is 356 g/mol. The molecule has 6 nitrogen and oxygen atoms in total. The summed E-state index contributed by atoms with van der Waals surface area (Å²) in [5.74, 6) is -0.00740. The van der Waals surface area contributed by atoms with Crippen molar-refractivity contribution in [3.8, 4) is 0 Å². The number of amides is 1. The summed E-state index contributed by atoms with van der Waals surface area (Å²) in [6.07, 6.45) is 3.57. The molecule has 25 heavy (non-hydrogen) atoms. The van der Waals surface area contributed by atoms with E-state index in [9.17, 15) is 9.59 Å². The van der Waals surface area contributed by atoms with Crippen molar-refractivity contribution >= 4 is 37.7 Å². The van der Waals surface area contributed by atoms with Gasteiger partial charge >= 0.3 is 0 Å². The minimum atomic E-state index is -0.538. The summed E-state index contributed by atoms with van der Waals surface area (Å²) in [5.41, 5.74) is 2.52. The molecule has 4 heterocycles. The molecule has 0 N–H and O–H groups in total. The molecule has 0 radical (unpaired) electrons. The van der Waals surface area contributed by atoms with Gasteiger partial charge < -0.3 is 4.90 Å². The number of hydrogen-bond acceptors (Lipinski definition) is 5. The summed E-state index contributed by atoms with van der Waals surface area (Å²) in [5, 5.41) is 0.938. The molecule has 1 aliphatic heterocycles. The van der Waals surface area contributed by atoms with Crippen LogP contribution in [0.1, 0.15) is 37.1 Å². The number of pyridine rings is 1. The van der Waals surface area contributed by atoms with E-state index in [1.807, 2.05) is 24.8 Å². The molecule has 0 saturated carbocycles. The normalized spacial score (nSPS) is 16.0. The maximum Gasteiger partial charge on any atom is 0.272 e. The van der Waals surface area contributed by atoms with Crippen LogP contribution in [0, 0.1) is 13.8 Å². The largest absolute Gasteiger partial charge is 0.341 e. The smallest absolute Gasteiger partial charge is 0.272 e. The average Bonchev–Trinajstić information content (AvgIpc) is 3.21. The summed E-state index contributed by atoms with van der Waals surface area (Å²) in [4.78, 5) is 37.3. The van der Waals surface area contributed by atoms with Crippen LogP contribution in [0.5, 0.6) is 0 Å². The van der Waals surface area contributed by atoms with E-state index in [2.05, 4.69) is 9.97 Å². The van der Waals surface area contributed by atoms with E-state index in [4.69, 9.17) is 0 Å². The van der Waals surface area contributed by atoms with Crippen LogP contribution in [-0.4, -0.2) is 38.4 Å². The van der Waals surface area contributed by atoms with E-state index in [1.165, 1.54) is 22.2 Å². The Morgan fingerprint density at radius 2 is 2.00 bits per heavy atom. The van der Waals surface area contributed by atoms with Crippen LogP contribution < -0.4 is 5.56 Å². The van der Waals surface area contributed by atoms with Gasteiger partial charge in [-0.3, -0.25) is 14.2 Å². The molecule has 7 heteroatoms. The van der Waals surface area contributed by atoms with Gasteiger partial charge in [0.2, 0.25) is 5.91 Å². The maximum atomic E-state index is 13.0. The van der Waals surface area contributed by atoms with Crippen molar-refractivity contribution in [2.45, 2.75) is 39.7 Å². The number of carbonyl (C=O) groups is 1. The predicted molar refractivity (Wildman–Crippen MR) is 99.2 cm³/mol. The Balaban J connectivity index is 1.85. The van der Waals surface area contributed by atoms with E-state index >= 15 is 0 Å². The third kappa shape index (κ3) is 2.54. The zero-order chi connectivity index (χ0) is 17.7. The quantitative estimate of drug-likeness (QED) is 0.708. The number of hydrogen-bond donors (Lipinski definition) is 0. The van der Waals surface area contributed by atoms with Crippen LogP contribution in [0.2, 0.25) is 0 Å². The average molecular weight is 356 g/mol. The molecule has 3 aromatic heterocycles. The van der Waals surface area contributed by atoms with Gasteiger partial charge in [-0.2, -0.15) is 0 Å². The van der Waals surface area contributed by atoms with Gasteiger partial charge in [-0.1, -0.05) is 0 Å². The second-order valence-electron chi connectivity index (χ2n) is 6.71. The lowest BCUT2D eigenvalue weighted by molar-refractivity contribution is -0.133. The lowest BCUT2D eigenvalue weighted by Crippen LogP contribution is -2.37. The van der Waals surface area contributed by atoms with Crippen molar-refractivity contribution in [1.82, 2.24) is 19.4 Å². The van der Waals surface area contributed by atoms with Crippen LogP contribution in [0.3, 0.4) is 0 Å². The number of fused-ring (bicyclic) bond motifs is 3. The van der Waals surface area contributed by atoms with Crippen molar-refractivity contribution in [3.05, 3.63) is 34.0 Å². The van der Waals surface area contributed by atoms with Gasteiger partial charge in [0.1, 0.15) is 15.6 Å². The van der Waals surface area contributed by atoms with Crippen molar-refractivity contribution in [3.63, 3.8) is 0 Å². The first-order valence-electron chi connectivity index (χ1n) is 8.53. The molecule has 0 aromatic carbocycles. The van der Waals surface area contributed by atoms with Gasteiger partial charge in [-0.15, -0.1) is 11.3 Å². The fourth-order valence-electron chi connectivity index (χ4n) is 3.58. The third-order valence-corrected chi connectivity index (χ3v) is 5.96. The molecule has 0 bridgehead atoms. The SMILES string of the molecule is Cc1cc(C)c2c(n1)sc1c(=O)n([C@H](C)C(=O)N3CCCC3)cnc12. The molecule has 0 spiro atoms. The topological polar surface area (TPSA) is 68.1 Å². The van der Waals surface area contributed by atoms with Crippen LogP contribution in [0.25, 0.3) is 20.4 Å². The first-order chi connectivity index (χ1) is 12.0. The zero-order valence-electron chi connectivity index (χ0n) is 14.6. The molecular formula is C18H20N4O2S. The predicted octanol–water partition coefficient (Wildman–Crippen LogP) is 2.81. The van der Waals surface area contributed by atoms with E-state index in [1.54, 1.807) is 6.92 Å². The molecule has 3 aromatic rings. The van der Waals surface area contributed by atoms with Gasteiger partial charge in [-0.25, -0.2) is 9.97 Å². The van der Waals surface area contributed by atoms with E-state index in [0.717, 1.165) is 47.4 Å². The molecule has 0 aliphatic carbocycles. The first-order valence-corrected chi connectivity index (χ1v) is 9.35. The molecular weight excluding hydrogens is 336 g/mol. The summed E-state index contributed by atoms with van der Waals surface area (Å²) in [6, 6.07) is 1.46. The van der Waals surface area contributed by atoms with Gasteiger partial charge in [0.25, 0.3) is 5.56 Å². The van der Waals surface area contributed by atoms with E-state index < -0.39 is 6.04 Å². The summed E-state index contributed by atoms with van der Waals surface area (Å²) in [7, 11) is 0. The minimum Gasteiger partial charge on any atom is -0.341 e. The standard InChI is InChI=1S/C18H20N4O2S/c1-10-8-11(2)20-16-13(10)14-15(25-16)18(24)22(9-19-14)12(3)17(23)21-6-4-5-7-21/h8-9,12H,4-7H2,1-3H3/t12-/m1/s1. The zero-order valence-corrected chi connectivity index (χ0v) is 15.4. The minimum absolute atomic E-state index is 0.00740. The van der Waals surface area contributed by atoms with Crippen LogP contribution in [0.4, 0.5) is 0 Å². The maximum absolute atomic E-state index is 13.0. The summed E-state index contributed by atoms with van der Waals surface area (Å²) in [6.45, 7) is 7.28. The Hall–Kier alpha value is -2.28. The van der Waals surface area contributed by atoms with Crippen molar-refractivity contribution in [2.75, 3.05) is 13.1 Å². The summed E-state index contributed by atoms with van der Waals surface area (Å²) < 4.78 is 2.03. The third-order valence-electron chi connectivity index (χ3n) is 4.89. The number of carbonyl (C=O) groups excluding carboxylic acids is 1. The number of nitrogens with zero attached hydrogens (tertiary/aromatic N) is 4. The fraction of sp³-hybridized carbons (Fsp3) is 0.444. The van der Waals surface area contributed by atoms with Crippen LogP contribution in [-0.2, 0) is 4.79 Å². The number of thiophene rings is 1. The summed E-state index contributed by atoms with van der Waals surface area (Å²) >= 11 is 1.36. The van der Waals surface area contributed by atoms with Crippen molar-refractivity contribution in [1.29, 1.82) is 0 Å². The van der Waals surface area contributed by atoms with Gasteiger partial charge in [0, 0.05) is 24.2 Å². The number of likely N-dealkylation sites (tertiary alicyclic amines) is 1. The molecule has 4 rings (SSSR count). The lowest BCUT2D eigenvalue weighted by Gasteiger charge is -2.21. The molecule has 1 saturated heterocycles. The van der Waals surface area contributed by atoms with Gasteiger partial charge in [0.15, 0.2) is 0 Å². The molecule has 1 fully saturated rings. The molecule has 130 valence electrons. The lowest BCUT2D eigenvalue weighted by atomic mass is 10.1. The molecule has 1 atom stereocenters. The second-order valence-corrected chi connectivity index (χ2v) is 7.70.